The zero-order valence-electron chi connectivity index (χ0n) is 16.3. The predicted molar refractivity (Wildman–Crippen MR) is 109 cm³/mol. The minimum Gasteiger partial charge on any atom is -0.497 e. The first-order valence-electron chi connectivity index (χ1n) is 9.68. The molecule has 1 heterocycles. The topological polar surface area (TPSA) is 56.1 Å². The lowest BCUT2D eigenvalue weighted by Gasteiger charge is -2.27. The minimum atomic E-state index is -0.0287. The van der Waals surface area contributed by atoms with Crippen molar-refractivity contribution in [3.05, 3.63) is 82.9 Å². The van der Waals surface area contributed by atoms with E-state index < -0.39 is 0 Å². The molecule has 3 aromatic rings. The molecule has 1 aromatic heterocycles. The number of ether oxygens (including phenoxy) is 1. The molecule has 0 spiro atoms. The molecule has 1 unspecified atom stereocenters. The summed E-state index contributed by atoms with van der Waals surface area (Å²) in [4.78, 5) is 17.0. The summed E-state index contributed by atoms with van der Waals surface area (Å²) in [5, 5.41) is 3.21. The lowest BCUT2D eigenvalue weighted by atomic mass is 9.87. The molecule has 1 aliphatic rings. The van der Waals surface area contributed by atoms with Gasteiger partial charge in [-0.25, -0.2) is 4.98 Å². The maximum atomic E-state index is 12.8. The number of nitrogens with zero attached hydrogens (tertiary/aromatic N) is 2. The van der Waals surface area contributed by atoms with E-state index in [9.17, 15) is 4.79 Å². The summed E-state index contributed by atoms with van der Waals surface area (Å²) < 4.78 is 7.41. The molecule has 28 heavy (non-hydrogen) atoms. The van der Waals surface area contributed by atoms with Gasteiger partial charge in [0.1, 0.15) is 11.6 Å². The van der Waals surface area contributed by atoms with Crippen LogP contribution < -0.4 is 10.1 Å². The molecule has 0 aliphatic heterocycles. The molecule has 1 amide bonds. The van der Waals surface area contributed by atoms with Gasteiger partial charge < -0.3 is 14.6 Å². The van der Waals surface area contributed by atoms with Crippen molar-refractivity contribution in [3.63, 3.8) is 0 Å². The number of hydrogen-bond donors (Lipinski definition) is 1. The van der Waals surface area contributed by atoms with Gasteiger partial charge >= 0.3 is 0 Å². The van der Waals surface area contributed by atoms with Crippen LogP contribution in [0.1, 0.15) is 51.8 Å². The molecule has 0 fully saturated rings. The molecule has 1 N–H and O–H groups in total. The first kappa shape index (κ1) is 18.3. The number of imidazole rings is 1. The van der Waals surface area contributed by atoms with E-state index in [0.29, 0.717) is 5.56 Å². The van der Waals surface area contributed by atoms with Crippen molar-refractivity contribution in [2.24, 2.45) is 0 Å². The van der Waals surface area contributed by atoms with Gasteiger partial charge in [0.25, 0.3) is 5.91 Å². The highest BCUT2D eigenvalue weighted by molar-refractivity contribution is 5.94. The van der Waals surface area contributed by atoms with Crippen LogP contribution in [0.2, 0.25) is 0 Å². The molecular formula is C23H25N3O2. The van der Waals surface area contributed by atoms with Gasteiger partial charge in [-0.2, -0.15) is 0 Å². The van der Waals surface area contributed by atoms with Crippen molar-refractivity contribution in [2.75, 3.05) is 7.11 Å². The fraction of sp³-hybridized carbons (Fsp3) is 0.304. The van der Waals surface area contributed by atoms with Crippen LogP contribution in [0.4, 0.5) is 0 Å². The summed E-state index contributed by atoms with van der Waals surface area (Å²) in [6.07, 6.45) is 6.82. The molecule has 0 saturated carbocycles. The lowest BCUT2D eigenvalue weighted by Crippen LogP contribution is -2.31. The smallest absolute Gasteiger partial charge is 0.251 e. The molecule has 1 atom stereocenters. The van der Waals surface area contributed by atoms with Crippen molar-refractivity contribution in [1.29, 1.82) is 0 Å². The van der Waals surface area contributed by atoms with Crippen LogP contribution in [0.3, 0.4) is 0 Å². The molecule has 0 saturated heterocycles. The number of aromatic nitrogens is 2. The third-order valence-corrected chi connectivity index (χ3v) is 5.46. The van der Waals surface area contributed by atoms with Crippen LogP contribution in [0.5, 0.6) is 5.75 Å². The number of fused-ring (bicyclic) bond motifs is 1. The summed E-state index contributed by atoms with van der Waals surface area (Å²) in [5.41, 5.74) is 4.30. The van der Waals surface area contributed by atoms with E-state index >= 15 is 0 Å². The van der Waals surface area contributed by atoms with Gasteiger partial charge in [-0.1, -0.05) is 18.2 Å². The Balaban J connectivity index is 1.45. The van der Waals surface area contributed by atoms with Crippen LogP contribution in [-0.2, 0) is 13.0 Å². The van der Waals surface area contributed by atoms with Crippen molar-refractivity contribution in [1.82, 2.24) is 14.9 Å². The largest absolute Gasteiger partial charge is 0.497 e. The first-order chi connectivity index (χ1) is 13.6. The molecule has 144 valence electrons. The number of rotatable bonds is 5. The molecule has 4 rings (SSSR count). The van der Waals surface area contributed by atoms with E-state index in [0.717, 1.165) is 42.9 Å². The SMILES string of the molecule is COc1ccc2c(c1)CCCC2NC(=O)c1ccc(Cn2ccnc2C)cc1. The highest BCUT2D eigenvalue weighted by Gasteiger charge is 2.22. The number of aryl methyl sites for hydroxylation is 2. The number of carbonyl (C=O) groups is 1. The fourth-order valence-electron chi connectivity index (χ4n) is 3.84. The number of hydrogen-bond acceptors (Lipinski definition) is 3. The molecule has 2 aromatic carbocycles. The zero-order valence-corrected chi connectivity index (χ0v) is 16.3. The van der Waals surface area contributed by atoms with Gasteiger partial charge in [-0.05, 0) is 67.1 Å². The number of amides is 1. The maximum Gasteiger partial charge on any atom is 0.251 e. The summed E-state index contributed by atoms with van der Waals surface area (Å²) in [7, 11) is 1.68. The molecule has 5 heteroatoms. The third-order valence-electron chi connectivity index (χ3n) is 5.46. The lowest BCUT2D eigenvalue weighted by molar-refractivity contribution is 0.0932. The van der Waals surface area contributed by atoms with Crippen LogP contribution >= 0.6 is 0 Å². The van der Waals surface area contributed by atoms with Crippen molar-refractivity contribution in [3.8, 4) is 5.75 Å². The quantitative estimate of drug-likeness (QED) is 0.732. The highest BCUT2D eigenvalue weighted by atomic mass is 16.5. The number of nitrogens with one attached hydrogen (secondary N) is 1. The Bertz CT molecular complexity index is 976. The Morgan fingerprint density at radius 1 is 1.25 bits per heavy atom. The average molecular weight is 375 g/mol. The van der Waals surface area contributed by atoms with Gasteiger partial charge in [-0.15, -0.1) is 0 Å². The maximum absolute atomic E-state index is 12.8. The van der Waals surface area contributed by atoms with Gasteiger partial charge in [0, 0.05) is 24.5 Å². The highest BCUT2D eigenvalue weighted by Crippen LogP contribution is 2.32. The molecule has 1 aliphatic carbocycles. The average Bonchev–Trinajstić information content (AvgIpc) is 3.12. The van der Waals surface area contributed by atoms with E-state index in [1.807, 2.05) is 43.5 Å². The van der Waals surface area contributed by atoms with Gasteiger partial charge in [-0.3, -0.25) is 4.79 Å². The van der Waals surface area contributed by atoms with Gasteiger partial charge in [0.15, 0.2) is 0 Å². The first-order valence-corrected chi connectivity index (χ1v) is 9.68. The van der Waals surface area contributed by atoms with E-state index in [4.69, 9.17) is 4.74 Å². The number of methoxy groups -OCH3 is 1. The summed E-state index contributed by atoms with van der Waals surface area (Å²) >= 11 is 0. The summed E-state index contributed by atoms with van der Waals surface area (Å²) in [6, 6.07) is 14.0. The van der Waals surface area contributed by atoms with Crippen molar-refractivity contribution in [2.45, 2.75) is 38.8 Å². The standard InChI is InChI=1S/C23H25N3O2/c1-16-24-12-13-26(16)15-17-6-8-18(9-7-17)23(27)25-22-5-3-4-19-14-20(28-2)10-11-21(19)22/h6-14,22H,3-5,15H2,1-2H3,(H,25,27). The van der Waals surface area contributed by atoms with E-state index in [1.165, 1.54) is 11.1 Å². The van der Waals surface area contributed by atoms with E-state index in [-0.39, 0.29) is 11.9 Å². The zero-order chi connectivity index (χ0) is 19.5. The Hall–Kier alpha value is -3.08. The van der Waals surface area contributed by atoms with Crippen LogP contribution in [0.15, 0.2) is 54.9 Å². The number of carbonyl (C=O) groups excluding carboxylic acids is 1. The predicted octanol–water partition coefficient (Wildman–Crippen LogP) is 4.06. The summed E-state index contributed by atoms with van der Waals surface area (Å²) in [5.74, 6) is 1.82. The van der Waals surface area contributed by atoms with Crippen LogP contribution in [0.25, 0.3) is 0 Å². The molecular weight excluding hydrogens is 350 g/mol. The second kappa shape index (κ2) is 7.89. The van der Waals surface area contributed by atoms with E-state index in [2.05, 4.69) is 27.0 Å². The monoisotopic (exact) mass is 375 g/mol. The Labute approximate surface area is 165 Å². The second-order valence-corrected chi connectivity index (χ2v) is 7.28. The summed E-state index contributed by atoms with van der Waals surface area (Å²) in [6.45, 7) is 2.74. The van der Waals surface area contributed by atoms with E-state index in [1.54, 1.807) is 13.3 Å². The van der Waals surface area contributed by atoms with Gasteiger partial charge in [0.2, 0.25) is 0 Å². The Morgan fingerprint density at radius 3 is 2.79 bits per heavy atom. The molecule has 5 nitrogen and oxygen atoms in total. The van der Waals surface area contributed by atoms with Crippen molar-refractivity contribution < 1.29 is 9.53 Å². The van der Waals surface area contributed by atoms with Crippen molar-refractivity contribution >= 4 is 5.91 Å². The molecule has 0 bridgehead atoms. The number of benzene rings is 2. The third kappa shape index (κ3) is 3.79. The minimum absolute atomic E-state index is 0.0287. The Morgan fingerprint density at radius 2 is 2.07 bits per heavy atom. The van der Waals surface area contributed by atoms with Crippen LogP contribution in [-0.4, -0.2) is 22.6 Å². The van der Waals surface area contributed by atoms with Crippen LogP contribution in [0, 0.1) is 6.92 Å². The second-order valence-electron chi connectivity index (χ2n) is 7.28. The molecule has 0 radical (unpaired) electrons. The normalized spacial score (nSPS) is 15.7. The fourth-order valence-corrected chi connectivity index (χ4v) is 3.84. The van der Waals surface area contributed by atoms with Gasteiger partial charge in [0.05, 0.1) is 13.2 Å². The Kier molecular flexibility index (Phi) is 5.15.